The van der Waals surface area contributed by atoms with Crippen molar-refractivity contribution in [3.8, 4) is 11.5 Å². The summed E-state index contributed by atoms with van der Waals surface area (Å²) < 4.78 is 11.9. The number of hydrogen-bond acceptors (Lipinski definition) is 4. The second-order valence-corrected chi connectivity index (χ2v) is 5.39. The van der Waals surface area contributed by atoms with E-state index in [0.717, 1.165) is 15.7 Å². The van der Waals surface area contributed by atoms with E-state index in [-0.39, 0.29) is 0 Å². The minimum atomic E-state index is 0.440. The van der Waals surface area contributed by atoms with E-state index in [0.29, 0.717) is 24.7 Å². The van der Waals surface area contributed by atoms with Gasteiger partial charge in [0.25, 0.3) is 0 Å². The van der Waals surface area contributed by atoms with E-state index in [1.807, 2.05) is 42.5 Å². The first-order chi connectivity index (χ1) is 10.7. The van der Waals surface area contributed by atoms with Crippen molar-refractivity contribution in [1.29, 1.82) is 0 Å². The molecule has 0 bridgehead atoms. The first kappa shape index (κ1) is 16.4. The molecule has 2 aromatic carbocycles. The smallest absolute Gasteiger partial charge is 0.162 e. The topological polar surface area (TPSA) is 42.5 Å². The zero-order chi connectivity index (χ0) is 15.8. The third-order valence-electron chi connectivity index (χ3n) is 2.97. The van der Waals surface area contributed by atoms with Crippen LogP contribution >= 0.6 is 15.9 Å². The van der Waals surface area contributed by atoms with Crippen molar-refractivity contribution in [3.05, 3.63) is 65.2 Å². The van der Waals surface area contributed by atoms with Crippen molar-refractivity contribution >= 4 is 21.6 Å². The number of ether oxygens (including phenoxy) is 2. The number of para-hydroxylation sites is 1. The monoisotopic (exact) mass is 362 g/mol. The Morgan fingerprint density at radius 2 is 1.95 bits per heavy atom. The maximum absolute atomic E-state index is 5.58. The summed E-state index contributed by atoms with van der Waals surface area (Å²) in [6.45, 7) is 4.72. The molecule has 0 saturated heterocycles. The average molecular weight is 363 g/mol. The lowest BCUT2D eigenvalue weighted by molar-refractivity contribution is 0.326. The molecule has 0 fully saturated rings. The van der Waals surface area contributed by atoms with Crippen LogP contribution < -0.4 is 20.3 Å². The van der Waals surface area contributed by atoms with Gasteiger partial charge in [-0.25, -0.2) is 5.43 Å². The van der Waals surface area contributed by atoms with E-state index >= 15 is 0 Å². The van der Waals surface area contributed by atoms with Crippen molar-refractivity contribution in [2.75, 3.05) is 19.1 Å². The van der Waals surface area contributed by atoms with Crippen LogP contribution in [0, 0.1) is 0 Å². The van der Waals surface area contributed by atoms with Crippen LogP contribution in [0.4, 0.5) is 5.69 Å². The molecule has 2 rings (SSSR count). The largest absolute Gasteiger partial charge is 0.493 e. The van der Waals surface area contributed by atoms with Crippen LogP contribution in [0.5, 0.6) is 11.5 Å². The summed E-state index contributed by atoms with van der Waals surface area (Å²) in [4.78, 5) is 0. The summed E-state index contributed by atoms with van der Waals surface area (Å²) in [5.41, 5.74) is 8.40. The lowest BCUT2D eigenvalue weighted by Gasteiger charge is -2.14. The van der Waals surface area contributed by atoms with E-state index in [1.165, 1.54) is 0 Å². The molecular weight excluding hydrogens is 344 g/mol. The molecule has 0 spiro atoms. The summed E-state index contributed by atoms with van der Waals surface area (Å²) >= 11 is 3.56. The Hall–Kier alpha value is -1.98. The maximum Gasteiger partial charge on any atom is 0.162 e. The molecule has 0 radical (unpaired) electrons. The lowest BCUT2D eigenvalue weighted by Crippen LogP contribution is -2.21. The van der Waals surface area contributed by atoms with Gasteiger partial charge >= 0.3 is 0 Å². The fraction of sp³-hybridized carbons (Fsp3) is 0.176. The molecule has 0 aromatic heterocycles. The zero-order valence-corrected chi connectivity index (χ0v) is 14.0. The van der Waals surface area contributed by atoms with E-state index in [2.05, 4.69) is 33.4 Å². The Balaban J connectivity index is 2.02. The van der Waals surface area contributed by atoms with Gasteiger partial charge in [0.2, 0.25) is 0 Å². The molecule has 0 aliphatic carbocycles. The molecule has 0 aliphatic heterocycles. The highest BCUT2D eigenvalue weighted by Gasteiger charge is 2.10. The summed E-state index contributed by atoms with van der Waals surface area (Å²) in [7, 11) is 1.63. The van der Waals surface area contributed by atoms with Crippen molar-refractivity contribution in [2.24, 2.45) is 0 Å². The normalized spacial score (nSPS) is 10.1. The van der Waals surface area contributed by atoms with Crippen molar-refractivity contribution in [1.82, 2.24) is 5.43 Å². The van der Waals surface area contributed by atoms with E-state index < -0.39 is 0 Å². The minimum absolute atomic E-state index is 0.440. The lowest BCUT2D eigenvalue weighted by atomic mass is 10.2. The van der Waals surface area contributed by atoms with E-state index in [4.69, 9.17) is 9.47 Å². The molecule has 0 aliphatic rings. The second-order valence-electron chi connectivity index (χ2n) is 4.54. The number of hydrazine groups is 1. The number of halogens is 1. The van der Waals surface area contributed by atoms with Gasteiger partial charge in [-0.2, -0.15) is 0 Å². The molecule has 116 valence electrons. The van der Waals surface area contributed by atoms with Gasteiger partial charge < -0.3 is 14.9 Å². The van der Waals surface area contributed by atoms with E-state index in [9.17, 15) is 0 Å². The molecule has 4 nitrogen and oxygen atoms in total. The first-order valence-corrected chi connectivity index (χ1v) is 7.68. The van der Waals surface area contributed by atoms with Crippen LogP contribution in [-0.2, 0) is 6.54 Å². The number of hydrogen-bond donors (Lipinski definition) is 2. The molecule has 0 heterocycles. The van der Waals surface area contributed by atoms with Crippen molar-refractivity contribution in [3.63, 3.8) is 0 Å². The fourth-order valence-electron chi connectivity index (χ4n) is 1.90. The number of benzene rings is 2. The number of nitrogens with one attached hydrogen (secondary N) is 2. The van der Waals surface area contributed by atoms with Gasteiger partial charge in [0.15, 0.2) is 11.5 Å². The Kier molecular flexibility index (Phi) is 6.30. The van der Waals surface area contributed by atoms with Crippen molar-refractivity contribution < 1.29 is 9.47 Å². The summed E-state index contributed by atoms with van der Waals surface area (Å²) in [5.74, 6) is 1.38. The molecule has 0 saturated carbocycles. The van der Waals surface area contributed by atoms with Crippen LogP contribution in [0.15, 0.2) is 59.6 Å². The van der Waals surface area contributed by atoms with Gasteiger partial charge in [-0.1, -0.05) is 46.8 Å². The standard InChI is InChI=1S/C17H19BrN2O2/c1-3-9-22-17-11-15(18)13(10-16(17)21-2)12-19-20-14-7-5-4-6-8-14/h3-8,10-11,19-20H,1,9,12H2,2H3. The summed E-state index contributed by atoms with van der Waals surface area (Å²) in [6, 6.07) is 13.8. The molecular formula is C17H19BrN2O2. The van der Waals surface area contributed by atoms with Gasteiger partial charge in [0, 0.05) is 16.7 Å². The zero-order valence-electron chi connectivity index (χ0n) is 12.4. The van der Waals surface area contributed by atoms with Crippen LogP contribution in [-0.4, -0.2) is 13.7 Å². The Morgan fingerprint density at radius 3 is 2.64 bits per heavy atom. The van der Waals surface area contributed by atoms with Gasteiger partial charge in [-0.05, 0) is 29.8 Å². The molecule has 5 heteroatoms. The number of methoxy groups -OCH3 is 1. The Bertz CT molecular complexity index is 618. The van der Waals surface area contributed by atoms with Gasteiger partial charge in [-0.15, -0.1) is 0 Å². The third-order valence-corrected chi connectivity index (χ3v) is 3.71. The van der Waals surface area contributed by atoms with Gasteiger partial charge in [0.05, 0.1) is 7.11 Å². The molecule has 22 heavy (non-hydrogen) atoms. The molecule has 0 atom stereocenters. The highest BCUT2D eigenvalue weighted by atomic mass is 79.9. The number of anilines is 1. The minimum Gasteiger partial charge on any atom is -0.493 e. The quantitative estimate of drug-likeness (QED) is 0.547. The number of rotatable bonds is 8. The SMILES string of the molecule is C=CCOc1cc(Br)c(CNNc2ccccc2)cc1OC. The van der Waals surface area contributed by atoms with Crippen LogP contribution in [0.1, 0.15) is 5.56 Å². The van der Waals surface area contributed by atoms with Gasteiger partial charge in [0.1, 0.15) is 6.61 Å². The van der Waals surface area contributed by atoms with Crippen molar-refractivity contribution in [2.45, 2.75) is 6.54 Å². The second kappa shape index (κ2) is 8.46. The highest BCUT2D eigenvalue weighted by molar-refractivity contribution is 9.10. The maximum atomic E-state index is 5.58. The predicted molar refractivity (Wildman–Crippen MR) is 93.3 cm³/mol. The van der Waals surface area contributed by atoms with Gasteiger partial charge in [-0.3, -0.25) is 0 Å². The van der Waals surface area contributed by atoms with Crippen LogP contribution in [0.25, 0.3) is 0 Å². The first-order valence-electron chi connectivity index (χ1n) is 6.88. The molecule has 2 aromatic rings. The Labute approximate surface area is 139 Å². The Morgan fingerprint density at radius 1 is 1.18 bits per heavy atom. The highest BCUT2D eigenvalue weighted by Crippen LogP contribution is 2.33. The summed E-state index contributed by atoms with van der Waals surface area (Å²) in [6.07, 6.45) is 1.70. The third kappa shape index (κ3) is 4.51. The van der Waals surface area contributed by atoms with Crippen LogP contribution in [0.2, 0.25) is 0 Å². The van der Waals surface area contributed by atoms with E-state index in [1.54, 1.807) is 13.2 Å². The molecule has 0 unspecified atom stereocenters. The fourth-order valence-corrected chi connectivity index (χ4v) is 2.36. The molecule has 2 N–H and O–H groups in total. The summed E-state index contributed by atoms with van der Waals surface area (Å²) in [5, 5.41) is 0. The van der Waals surface area contributed by atoms with Crippen LogP contribution in [0.3, 0.4) is 0 Å². The predicted octanol–water partition coefficient (Wildman–Crippen LogP) is 4.14. The molecule has 0 amide bonds. The average Bonchev–Trinajstić information content (AvgIpc) is 2.55.